The second kappa shape index (κ2) is 12.4. The van der Waals surface area contributed by atoms with Gasteiger partial charge in [-0.15, -0.1) is 0 Å². The summed E-state index contributed by atoms with van der Waals surface area (Å²) in [5, 5.41) is 20.9. The molecule has 0 N–H and O–H groups in total. The molecule has 0 saturated heterocycles. The minimum atomic E-state index is 1.13. The van der Waals surface area contributed by atoms with Crippen molar-refractivity contribution in [3.8, 4) is 22.3 Å². The fourth-order valence-corrected chi connectivity index (χ4v) is 10.5. The van der Waals surface area contributed by atoms with Crippen molar-refractivity contribution in [2.75, 3.05) is 4.90 Å². The van der Waals surface area contributed by atoms with Crippen molar-refractivity contribution in [2.24, 2.45) is 0 Å². The predicted molar refractivity (Wildman–Crippen MR) is 254 cm³/mol. The zero-order valence-corrected chi connectivity index (χ0v) is 32.2. The van der Waals surface area contributed by atoms with Crippen molar-refractivity contribution >= 4 is 103 Å². The monoisotopic (exact) mass is 745 g/mol. The highest BCUT2D eigenvalue weighted by Gasteiger charge is 2.27. The summed E-state index contributed by atoms with van der Waals surface area (Å²) < 4.78 is 0. The molecule has 0 heterocycles. The molecular formula is C58H35N. The van der Waals surface area contributed by atoms with Crippen molar-refractivity contribution in [2.45, 2.75) is 0 Å². The summed E-state index contributed by atoms with van der Waals surface area (Å²) in [6.07, 6.45) is 0. The largest absolute Gasteiger partial charge is 0.310 e. The number of para-hydroxylation sites is 2. The molecule has 0 saturated carbocycles. The SMILES string of the molecule is c1ccc(-c2c3cc4c5ccccc5c5cccc(c3c(-c3ccccc3)c3c6cc7cc(N(c8ccccc8)c8ccccc8)ccc7c7cccc(c23)c76)c54)cc1. The molecule has 0 bridgehead atoms. The minimum absolute atomic E-state index is 1.13. The molecule has 0 aliphatic rings. The Hall–Kier alpha value is -7.74. The fourth-order valence-electron chi connectivity index (χ4n) is 10.5. The van der Waals surface area contributed by atoms with Crippen LogP contribution in [-0.4, -0.2) is 0 Å². The van der Waals surface area contributed by atoms with Gasteiger partial charge in [0.1, 0.15) is 0 Å². The van der Waals surface area contributed by atoms with Crippen LogP contribution >= 0.6 is 0 Å². The van der Waals surface area contributed by atoms with Gasteiger partial charge in [-0.1, -0.05) is 164 Å². The number of nitrogens with zero attached hydrogens (tertiary/aromatic N) is 1. The Morgan fingerprint density at radius 2 is 0.695 bits per heavy atom. The summed E-state index contributed by atoms with van der Waals surface area (Å²) in [7, 11) is 0. The first-order chi connectivity index (χ1) is 29.3. The van der Waals surface area contributed by atoms with Gasteiger partial charge in [0.15, 0.2) is 0 Å². The van der Waals surface area contributed by atoms with E-state index >= 15 is 0 Å². The van der Waals surface area contributed by atoms with Crippen molar-refractivity contribution in [3.63, 3.8) is 0 Å². The molecule has 13 rings (SSSR count). The summed E-state index contributed by atoms with van der Waals surface area (Å²) in [5.41, 5.74) is 8.47. The number of hydrogen-bond donors (Lipinski definition) is 0. The molecule has 59 heavy (non-hydrogen) atoms. The van der Waals surface area contributed by atoms with Crippen LogP contribution in [0.25, 0.3) is 108 Å². The number of fused-ring (bicyclic) bond motifs is 10. The number of benzene rings is 11. The third-order valence-electron chi connectivity index (χ3n) is 12.8. The first kappa shape index (κ1) is 32.4. The Morgan fingerprint density at radius 3 is 1.34 bits per heavy atom. The average molecular weight is 746 g/mol. The van der Waals surface area contributed by atoms with Gasteiger partial charge in [-0.05, 0) is 157 Å². The standard InChI is InChI=1S/C58H35N/c1-5-17-36(18-6-1)52-51-35-49-44-26-14-13-25-43(44)46-28-16-29-47(54(46)49)56(51)53(37-19-7-2-8-20-37)58-50-34-38-33-41(31-32-42(38)45-27-15-30-48(55(45)50)57(52)58)59(39-21-9-3-10-22-39)40-23-11-4-12-24-40/h1-35H. The maximum atomic E-state index is 2.52. The topological polar surface area (TPSA) is 3.24 Å². The molecule has 1 heteroatoms. The van der Waals surface area contributed by atoms with Gasteiger partial charge in [-0.2, -0.15) is 0 Å². The van der Waals surface area contributed by atoms with E-state index in [1.807, 2.05) is 0 Å². The maximum Gasteiger partial charge on any atom is 0.0468 e. The second-order valence-electron chi connectivity index (χ2n) is 15.9. The molecule has 0 aliphatic carbocycles. The van der Waals surface area contributed by atoms with Crippen LogP contribution in [0.1, 0.15) is 0 Å². The van der Waals surface area contributed by atoms with Crippen LogP contribution in [0.2, 0.25) is 0 Å². The lowest BCUT2D eigenvalue weighted by molar-refractivity contribution is 1.29. The van der Waals surface area contributed by atoms with E-state index in [-0.39, 0.29) is 0 Å². The molecule has 1 nitrogen and oxygen atoms in total. The van der Waals surface area contributed by atoms with Crippen LogP contribution in [0.15, 0.2) is 212 Å². The van der Waals surface area contributed by atoms with Gasteiger partial charge in [-0.3, -0.25) is 0 Å². The fraction of sp³-hybridized carbons (Fsp3) is 0. The number of anilines is 3. The van der Waals surface area contributed by atoms with E-state index in [1.54, 1.807) is 0 Å². The van der Waals surface area contributed by atoms with Crippen LogP contribution in [0.5, 0.6) is 0 Å². The average Bonchev–Trinajstić information content (AvgIpc) is 3.80. The molecule has 0 amide bonds. The van der Waals surface area contributed by atoms with Crippen LogP contribution in [-0.2, 0) is 0 Å². The first-order valence-electron chi connectivity index (χ1n) is 20.5. The molecule has 272 valence electrons. The molecule has 0 unspecified atom stereocenters. The van der Waals surface area contributed by atoms with E-state index in [0.717, 1.165) is 17.1 Å². The minimum Gasteiger partial charge on any atom is -0.310 e. The van der Waals surface area contributed by atoms with Crippen molar-refractivity contribution in [3.05, 3.63) is 212 Å². The lowest BCUT2D eigenvalue weighted by atomic mass is 9.84. The number of rotatable bonds is 5. The molecule has 0 atom stereocenters. The molecule has 13 aromatic rings. The summed E-state index contributed by atoms with van der Waals surface area (Å²) in [6, 6.07) is 78.6. The van der Waals surface area contributed by atoms with Crippen molar-refractivity contribution < 1.29 is 0 Å². The van der Waals surface area contributed by atoms with Crippen LogP contribution in [0.4, 0.5) is 17.1 Å². The lowest BCUT2D eigenvalue weighted by Gasteiger charge is -2.25. The molecular weight excluding hydrogens is 711 g/mol. The van der Waals surface area contributed by atoms with Crippen LogP contribution in [0.3, 0.4) is 0 Å². The van der Waals surface area contributed by atoms with Crippen molar-refractivity contribution in [1.29, 1.82) is 0 Å². The Bertz CT molecular complexity index is 3700. The van der Waals surface area contributed by atoms with E-state index in [0.29, 0.717) is 0 Å². The lowest BCUT2D eigenvalue weighted by Crippen LogP contribution is -2.09. The van der Waals surface area contributed by atoms with Gasteiger partial charge in [0, 0.05) is 17.1 Å². The Labute approximate surface area is 341 Å². The highest BCUT2D eigenvalue weighted by atomic mass is 15.1. The van der Waals surface area contributed by atoms with Crippen LogP contribution in [0, 0.1) is 0 Å². The van der Waals surface area contributed by atoms with Gasteiger partial charge in [0.2, 0.25) is 0 Å². The molecule has 0 radical (unpaired) electrons. The van der Waals surface area contributed by atoms with Gasteiger partial charge in [0.25, 0.3) is 0 Å². The van der Waals surface area contributed by atoms with E-state index in [2.05, 4.69) is 217 Å². The van der Waals surface area contributed by atoms with E-state index < -0.39 is 0 Å². The van der Waals surface area contributed by atoms with E-state index in [4.69, 9.17) is 0 Å². The summed E-state index contributed by atoms with van der Waals surface area (Å²) in [5.74, 6) is 0. The highest BCUT2D eigenvalue weighted by molar-refractivity contribution is 6.46. The molecule has 0 aliphatic heterocycles. The zero-order valence-electron chi connectivity index (χ0n) is 32.2. The van der Waals surface area contributed by atoms with Gasteiger partial charge in [0.05, 0.1) is 0 Å². The van der Waals surface area contributed by atoms with Gasteiger partial charge < -0.3 is 4.90 Å². The quantitative estimate of drug-likeness (QED) is 0.159. The Kier molecular flexibility index (Phi) is 6.79. The zero-order chi connectivity index (χ0) is 38.6. The normalized spacial score (nSPS) is 12.1. The summed E-state index contributed by atoms with van der Waals surface area (Å²) in [6.45, 7) is 0. The smallest absolute Gasteiger partial charge is 0.0468 e. The van der Waals surface area contributed by atoms with Gasteiger partial charge in [-0.25, -0.2) is 0 Å². The molecule has 13 aromatic carbocycles. The number of hydrogen-bond acceptors (Lipinski definition) is 1. The Balaban J connectivity index is 1.25. The Morgan fingerprint density at radius 1 is 0.220 bits per heavy atom. The molecule has 0 fully saturated rings. The molecule has 0 aromatic heterocycles. The third-order valence-corrected chi connectivity index (χ3v) is 12.8. The predicted octanol–water partition coefficient (Wildman–Crippen LogP) is 16.6. The van der Waals surface area contributed by atoms with E-state index in [1.165, 1.54) is 108 Å². The molecule has 0 spiro atoms. The third kappa shape index (κ3) is 4.56. The maximum absolute atomic E-state index is 2.52. The second-order valence-corrected chi connectivity index (χ2v) is 15.9. The highest BCUT2D eigenvalue weighted by Crippen LogP contribution is 2.55. The van der Waals surface area contributed by atoms with E-state index in [9.17, 15) is 0 Å². The van der Waals surface area contributed by atoms with Crippen LogP contribution < -0.4 is 4.90 Å². The first-order valence-corrected chi connectivity index (χ1v) is 20.5. The summed E-state index contributed by atoms with van der Waals surface area (Å²) >= 11 is 0. The van der Waals surface area contributed by atoms with Crippen molar-refractivity contribution in [1.82, 2.24) is 0 Å². The van der Waals surface area contributed by atoms with Gasteiger partial charge >= 0.3 is 0 Å². The summed E-state index contributed by atoms with van der Waals surface area (Å²) in [4.78, 5) is 2.37.